The van der Waals surface area contributed by atoms with Gasteiger partial charge in [-0.2, -0.15) is 0 Å². The molecule has 264 valence electrons. The minimum Gasteiger partial charge on any atom is -0.497 e. The number of piperazine rings is 1. The van der Waals surface area contributed by atoms with Gasteiger partial charge in [0.1, 0.15) is 11.5 Å². The first kappa shape index (κ1) is 38.1. The molecule has 4 aromatic carbocycles. The molecule has 10 nitrogen and oxygen atoms in total. The zero-order valence-corrected chi connectivity index (χ0v) is 29.3. The van der Waals surface area contributed by atoms with Crippen LogP contribution in [-0.2, 0) is 22.0 Å². The molecule has 0 unspecified atom stereocenters. The molecule has 6 rings (SSSR count). The molecule has 2 heterocycles. The van der Waals surface area contributed by atoms with Crippen molar-refractivity contribution in [1.29, 1.82) is 0 Å². The van der Waals surface area contributed by atoms with Gasteiger partial charge < -0.3 is 24.6 Å². The second-order valence-corrected chi connectivity index (χ2v) is 11.6. The van der Waals surface area contributed by atoms with Crippen molar-refractivity contribution < 1.29 is 29.3 Å². The Balaban J connectivity index is 0.000000205. The Morgan fingerprint density at radius 1 is 0.667 bits per heavy atom. The first-order chi connectivity index (χ1) is 24.8. The van der Waals surface area contributed by atoms with Gasteiger partial charge in [-0.05, 0) is 75.8 Å². The highest BCUT2D eigenvalue weighted by Crippen LogP contribution is 2.26. The molecule has 1 aliphatic heterocycles. The molecule has 0 aliphatic carbocycles. The van der Waals surface area contributed by atoms with Gasteiger partial charge in [0.25, 0.3) is 0 Å². The second kappa shape index (κ2) is 20.1. The lowest BCUT2D eigenvalue weighted by molar-refractivity contribution is -0.134. The lowest BCUT2D eigenvalue weighted by Gasteiger charge is -2.34. The second-order valence-electron chi connectivity index (χ2n) is 11.3. The molecule has 0 bridgehead atoms. The number of methoxy groups -OCH3 is 2. The summed E-state index contributed by atoms with van der Waals surface area (Å²) in [6.45, 7) is 4.91. The highest BCUT2D eigenvalue weighted by Gasteiger charge is 2.19. The third kappa shape index (κ3) is 12.6. The fourth-order valence-electron chi connectivity index (χ4n) is 5.25. The largest absolute Gasteiger partial charge is 0.497 e. The third-order valence-corrected chi connectivity index (χ3v) is 8.10. The Kier molecular flexibility index (Phi) is 15.0. The quantitative estimate of drug-likeness (QED) is 0.113. The van der Waals surface area contributed by atoms with Crippen LogP contribution in [0.4, 0.5) is 5.95 Å². The van der Waals surface area contributed by atoms with Gasteiger partial charge in [0.15, 0.2) is 0 Å². The number of hydrogen-bond acceptors (Lipinski definition) is 8. The van der Waals surface area contributed by atoms with Crippen LogP contribution in [0.5, 0.6) is 11.5 Å². The number of carbonyl (C=O) groups is 2. The molecule has 2 N–H and O–H groups in total. The van der Waals surface area contributed by atoms with Crippen LogP contribution in [0.2, 0.25) is 0 Å². The van der Waals surface area contributed by atoms with Crippen LogP contribution in [0.3, 0.4) is 0 Å². The van der Waals surface area contributed by atoms with E-state index in [1.807, 2.05) is 48.5 Å². The zero-order valence-electron chi connectivity index (χ0n) is 28.6. The molecule has 0 atom stereocenters. The molecular weight excluding hydrogens is 668 g/mol. The van der Waals surface area contributed by atoms with E-state index < -0.39 is 11.9 Å². The molecule has 51 heavy (non-hydrogen) atoms. The maximum absolute atomic E-state index is 9.55. The molecule has 0 radical (unpaired) electrons. The molecule has 0 amide bonds. The minimum atomic E-state index is -1.26. The summed E-state index contributed by atoms with van der Waals surface area (Å²) >= 11 is 5.82. The van der Waals surface area contributed by atoms with Gasteiger partial charge >= 0.3 is 11.9 Å². The van der Waals surface area contributed by atoms with E-state index in [0.717, 1.165) is 66.9 Å². The molecule has 1 fully saturated rings. The van der Waals surface area contributed by atoms with E-state index in [9.17, 15) is 9.59 Å². The average Bonchev–Trinajstić information content (AvgIpc) is 3.18. The van der Waals surface area contributed by atoms with Gasteiger partial charge in [0.05, 0.1) is 14.2 Å². The van der Waals surface area contributed by atoms with E-state index >= 15 is 0 Å². The summed E-state index contributed by atoms with van der Waals surface area (Å²) in [6.07, 6.45) is 4.72. The molecule has 1 aromatic heterocycles. The minimum absolute atomic E-state index is 0.539. The standard InChI is InChI=1S/C22H24N4O.C14H13ClO.C4H4O4/c1-27-21-8-3-7-20(16-21)19-6-2-5-18(15-19)17-25-11-13-26(14-12-25)22-23-9-4-10-24-22;1-16-14-7-3-6-13(9-14)12-5-2-4-11(8-12)10-15;5-3(6)1-2-4(7)8/h2-10,15-16H,11-14,17H2,1H3;2-9H,10H2,1H3;1-2H,(H,5,6)(H,7,8)/b;;2-1-. The van der Waals surface area contributed by atoms with E-state index in [-0.39, 0.29) is 0 Å². The van der Waals surface area contributed by atoms with Gasteiger partial charge in [-0.15, -0.1) is 11.6 Å². The lowest BCUT2D eigenvalue weighted by atomic mass is 10.0. The van der Waals surface area contributed by atoms with Crippen LogP contribution < -0.4 is 14.4 Å². The number of hydrogen-bond donors (Lipinski definition) is 2. The number of benzene rings is 4. The van der Waals surface area contributed by atoms with Crippen molar-refractivity contribution in [3.8, 4) is 33.8 Å². The Bertz CT molecular complexity index is 1820. The van der Waals surface area contributed by atoms with Crippen LogP contribution in [-0.4, -0.2) is 77.4 Å². The van der Waals surface area contributed by atoms with Crippen molar-refractivity contribution in [2.45, 2.75) is 12.4 Å². The highest BCUT2D eigenvalue weighted by atomic mass is 35.5. The number of alkyl halides is 1. The van der Waals surface area contributed by atoms with E-state index in [0.29, 0.717) is 18.0 Å². The van der Waals surface area contributed by atoms with Crippen LogP contribution in [0, 0.1) is 0 Å². The van der Waals surface area contributed by atoms with Crippen molar-refractivity contribution in [3.05, 3.63) is 139 Å². The summed E-state index contributed by atoms with van der Waals surface area (Å²) < 4.78 is 10.6. The summed E-state index contributed by atoms with van der Waals surface area (Å²) in [6, 6.07) is 35.1. The van der Waals surface area contributed by atoms with Crippen LogP contribution in [0.25, 0.3) is 22.3 Å². The van der Waals surface area contributed by atoms with Crippen molar-refractivity contribution in [3.63, 3.8) is 0 Å². The Labute approximate surface area is 303 Å². The number of carboxylic acid groups (broad SMARTS) is 2. The van der Waals surface area contributed by atoms with Gasteiger partial charge in [-0.3, -0.25) is 4.90 Å². The summed E-state index contributed by atoms with van der Waals surface area (Å²) in [5.74, 6) is 0.612. The number of aliphatic carboxylic acids is 2. The van der Waals surface area contributed by atoms with E-state index in [1.54, 1.807) is 26.6 Å². The van der Waals surface area contributed by atoms with Crippen molar-refractivity contribution in [1.82, 2.24) is 14.9 Å². The third-order valence-electron chi connectivity index (χ3n) is 7.80. The lowest BCUT2D eigenvalue weighted by Crippen LogP contribution is -2.46. The Morgan fingerprint density at radius 3 is 1.59 bits per heavy atom. The molecule has 0 spiro atoms. The fraction of sp³-hybridized carbons (Fsp3) is 0.200. The number of aromatic nitrogens is 2. The monoisotopic (exact) mass is 708 g/mol. The van der Waals surface area contributed by atoms with Gasteiger partial charge in [-0.1, -0.05) is 60.7 Å². The highest BCUT2D eigenvalue weighted by molar-refractivity contribution is 6.17. The number of rotatable bonds is 10. The molecule has 0 saturated carbocycles. The smallest absolute Gasteiger partial charge is 0.328 e. The number of nitrogens with zero attached hydrogens (tertiary/aromatic N) is 4. The number of carboxylic acids is 2. The Hall–Kier alpha value is -5.71. The van der Waals surface area contributed by atoms with Crippen LogP contribution in [0.15, 0.2) is 128 Å². The summed E-state index contributed by atoms with van der Waals surface area (Å²) in [5.41, 5.74) is 7.18. The zero-order chi connectivity index (χ0) is 36.4. The molecule has 5 aromatic rings. The van der Waals surface area contributed by atoms with Crippen LogP contribution >= 0.6 is 11.6 Å². The topological polar surface area (TPSA) is 125 Å². The molecule has 11 heteroatoms. The van der Waals surface area contributed by atoms with Crippen LogP contribution in [0.1, 0.15) is 11.1 Å². The Morgan fingerprint density at radius 2 is 1.12 bits per heavy atom. The van der Waals surface area contributed by atoms with Gasteiger partial charge in [0, 0.05) is 63.1 Å². The van der Waals surface area contributed by atoms with Crippen molar-refractivity contribution in [2.24, 2.45) is 0 Å². The molecule has 1 saturated heterocycles. The molecule has 1 aliphatic rings. The van der Waals surface area contributed by atoms with E-state index in [4.69, 9.17) is 31.3 Å². The van der Waals surface area contributed by atoms with Crippen molar-refractivity contribution in [2.75, 3.05) is 45.3 Å². The van der Waals surface area contributed by atoms with Gasteiger partial charge in [0.2, 0.25) is 5.95 Å². The SMILES string of the molecule is COc1cccc(-c2cccc(CCl)c2)c1.COc1cccc(-c2cccc(CN3CCN(c4ncccn4)CC3)c2)c1.O=C(O)/C=C\C(=O)O. The van der Waals surface area contributed by atoms with E-state index in [2.05, 4.69) is 74.4 Å². The number of ether oxygens (including phenoxy) is 2. The molecular formula is C40H41ClN4O6. The van der Waals surface area contributed by atoms with Gasteiger partial charge in [-0.25, -0.2) is 19.6 Å². The predicted octanol–water partition coefficient (Wildman–Crippen LogP) is 7.29. The summed E-state index contributed by atoms with van der Waals surface area (Å²) in [5, 5.41) is 15.6. The number of anilines is 1. The summed E-state index contributed by atoms with van der Waals surface area (Å²) in [7, 11) is 3.38. The first-order valence-corrected chi connectivity index (χ1v) is 16.7. The van der Waals surface area contributed by atoms with E-state index in [1.165, 1.54) is 16.7 Å². The van der Waals surface area contributed by atoms with Crippen molar-refractivity contribution >= 4 is 29.5 Å². The fourth-order valence-corrected chi connectivity index (χ4v) is 5.42. The average molecular weight is 709 g/mol. The normalized spacial score (nSPS) is 12.6. The maximum atomic E-state index is 9.55. The summed E-state index contributed by atoms with van der Waals surface area (Å²) in [4.78, 5) is 32.6. The number of halogens is 1. The maximum Gasteiger partial charge on any atom is 0.328 e. The first-order valence-electron chi connectivity index (χ1n) is 16.2. The predicted molar refractivity (Wildman–Crippen MR) is 200 cm³/mol.